The van der Waals surface area contributed by atoms with Crippen LogP contribution in [-0.4, -0.2) is 14.8 Å². The quantitative estimate of drug-likeness (QED) is 0.747. The molecule has 5 heteroatoms. The molecule has 80 valence electrons. The summed E-state index contributed by atoms with van der Waals surface area (Å²) in [4.78, 5) is 4.43. The van der Waals surface area contributed by atoms with Crippen LogP contribution < -0.4 is 0 Å². The monoisotopic (exact) mass is 331 g/mol. The van der Waals surface area contributed by atoms with Gasteiger partial charge in [-0.3, -0.25) is 4.68 Å². The van der Waals surface area contributed by atoms with Gasteiger partial charge in [-0.25, -0.2) is 4.98 Å². The minimum Gasteiger partial charge on any atom is -0.250 e. The van der Waals surface area contributed by atoms with Gasteiger partial charge in [-0.2, -0.15) is 5.10 Å². The zero-order valence-electron chi connectivity index (χ0n) is 8.75. The molecule has 2 aromatic heterocycles. The maximum Gasteiger partial charge on any atom is 0.160 e. The molecule has 0 saturated carbocycles. The van der Waals surface area contributed by atoms with E-state index in [9.17, 15) is 0 Å². The Kier molecular flexibility index (Phi) is 2.85. The third-order valence-electron chi connectivity index (χ3n) is 2.29. The van der Waals surface area contributed by atoms with Crippen LogP contribution in [0.4, 0.5) is 0 Å². The van der Waals surface area contributed by atoms with Crippen LogP contribution in [0.2, 0.25) is 0 Å². The van der Waals surface area contributed by atoms with Crippen molar-refractivity contribution in [2.75, 3.05) is 0 Å². The summed E-state index contributed by atoms with van der Waals surface area (Å²) in [6.45, 7) is 4.27. The Morgan fingerprint density at radius 3 is 2.60 bits per heavy atom. The molecular weight excluding hydrogens is 322 g/mol. The molecule has 0 amide bonds. The van der Waals surface area contributed by atoms with Crippen molar-refractivity contribution in [3.63, 3.8) is 0 Å². The number of pyridine rings is 1. The Morgan fingerprint density at radius 1 is 1.33 bits per heavy atom. The fourth-order valence-corrected chi connectivity index (χ4v) is 2.91. The smallest absolute Gasteiger partial charge is 0.160 e. The summed E-state index contributed by atoms with van der Waals surface area (Å²) in [5, 5.41) is 5.60. The molecule has 0 aliphatic rings. The molecule has 15 heavy (non-hydrogen) atoms. The summed E-state index contributed by atoms with van der Waals surface area (Å²) >= 11 is 6.94. The molecule has 0 bridgehead atoms. The van der Waals surface area contributed by atoms with E-state index in [1.807, 2.05) is 17.8 Å². The van der Waals surface area contributed by atoms with E-state index in [2.05, 4.69) is 55.8 Å². The third-order valence-corrected chi connectivity index (χ3v) is 3.32. The van der Waals surface area contributed by atoms with E-state index in [-0.39, 0.29) is 0 Å². The van der Waals surface area contributed by atoms with E-state index < -0.39 is 0 Å². The van der Waals surface area contributed by atoms with Gasteiger partial charge in [-0.05, 0) is 43.8 Å². The second kappa shape index (κ2) is 3.87. The Balaban J connectivity index is 2.87. The van der Waals surface area contributed by atoms with Gasteiger partial charge in [0.05, 0.1) is 11.1 Å². The Hall–Kier alpha value is -0.420. The molecule has 0 fully saturated rings. The fraction of sp³-hybridized carbons (Fsp3) is 0.400. The van der Waals surface area contributed by atoms with Gasteiger partial charge in [0.2, 0.25) is 0 Å². The number of nitrogens with zero attached hydrogens (tertiary/aromatic N) is 3. The molecule has 0 N–H and O–H groups in total. The molecule has 2 rings (SSSR count). The van der Waals surface area contributed by atoms with Crippen molar-refractivity contribution in [3.8, 4) is 0 Å². The number of rotatable bonds is 1. The van der Waals surface area contributed by atoms with Gasteiger partial charge in [0.1, 0.15) is 4.60 Å². The number of hydrogen-bond acceptors (Lipinski definition) is 2. The van der Waals surface area contributed by atoms with E-state index in [1.165, 1.54) is 0 Å². The Bertz CT molecular complexity index is 517. The molecule has 0 radical (unpaired) electrons. The standard InChI is InChI=1S/C10H11Br2N3/c1-5(2)9-8-6(11)4-7(12)13-10(8)15(3)14-9/h4-5H,1-3H3. The van der Waals surface area contributed by atoms with Crippen molar-refractivity contribution < 1.29 is 0 Å². The molecule has 2 heterocycles. The van der Waals surface area contributed by atoms with Crippen molar-refractivity contribution in [1.82, 2.24) is 14.8 Å². The summed E-state index contributed by atoms with van der Waals surface area (Å²) in [6, 6.07) is 1.95. The summed E-state index contributed by atoms with van der Waals surface area (Å²) in [6.07, 6.45) is 0. The zero-order chi connectivity index (χ0) is 11.2. The van der Waals surface area contributed by atoms with Crippen molar-refractivity contribution in [3.05, 3.63) is 20.8 Å². The first kappa shape index (κ1) is 11.1. The normalized spacial score (nSPS) is 11.6. The fourth-order valence-electron chi connectivity index (χ4n) is 1.61. The van der Waals surface area contributed by atoms with Crippen LogP contribution >= 0.6 is 31.9 Å². The lowest BCUT2D eigenvalue weighted by atomic mass is 10.1. The van der Waals surface area contributed by atoms with Crippen molar-refractivity contribution >= 4 is 42.9 Å². The Labute approximate surface area is 105 Å². The first-order valence-corrected chi connectivity index (χ1v) is 6.28. The Morgan fingerprint density at radius 2 is 2.00 bits per heavy atom. The van der Waals surface area contributed by atoms with Crippen LogP contribution in [0.15, 0.2) is 15.1 Å². The lowest BCUT2D eigenvalue weighted by Crippen LogP contribution is -1.93. The predicted molar refractivity (Wildman–Crippen MR) is 68.0 cm³/mol. The maximum absolute atomic E-state index is 4.49. The highest BCUT2D eigenvalue weighted by Crippen LogP contribution is 2.31. The first-order valence-electron chi connectivity index (χ1n) is 4.69. The highest BCUT2D eigenvalue weighted by atomic mass is 79.9. The van der Waals surface area contributed by atoms with Gasteiger partial charge in [0, 0.05) is 11.5 Å². The van der Waals surface area contributed by atoms with Crippen LogP contribution in [0.3, 0.4) is 0 Å². The van der Waals surface area contributed by atoms with Gasteiger partial charge in [-0.1, -0.05) is 13.8 Å². The molecule has 0 aromatic carbocycles. The van der Waals surface area contributed by atoms with Gasteiger partial charge in [0.15, 0.2) is 5.65 Å². The SMILES string of the molecule is CC(C)c1nn(C)c2nc(Br)cc(Br)c12. The molecule has 0 unspecified atom stereocenters. The average Bonchev–Trinajstić information content (AvgIpc) is 2.44. The lowest BCUT2D eigenvalue weighted by Gasteiger charge is -2.01. The van der Waals surface area contributed by atoms with Crippen LogP contribution in [0.25, 0.3) is 11.0 Å². The molecule has 0 saturated heterocycles. The van der Waals surface area contributed by atoms with E-state index in [0.29, 0.717) is 5.92 Å². The molecular formula is C10H11Br2N3. The molecule has 2 aromatic rings. The van der Waals surface area contributed by atoms with Gasteiger partial charge < -0.3 is 0 Å². The topological polar surface area (TPSA) is 30.7 Å². The zero-order valence-corrected chi connectivity index (χ0v) is 11.9. The van der Waals surface area contributed by atoms with Crippen molar-refractivity contribution in [1.29, 1.82) is 0 Å². The van der Waals surface area contributed by atoms with E-state index in [4.69, 9.17) is 0 Å². The number of hydrogen-bond donors (Lipinski definition) is 0. The predicted octanol–water partition coefficient (Wildman–Crippen LogP) is 3.62. The maximum atomic E-state index is 4.49. The van der Waals surface area contributed by atoms with Crippen LogP contribution in [-0.2, 0) is 7.05 Å². The second-order valence-corrected chi connectivity index (χ2v) is 5.46. The highest BCUT2D eigenvalue weighted by molar-refractivity contribution is 9.11. The number of aromatic nitrogens is 3. The van der Waals surface area contributed by atoms with E-state index in [1.54, 1.807) is 0 Å². The lowest BCUT2D eigenvalue weighted by molar-refractivity contribution is 0.724. The summed E-state index contributed by atoms with van der Waals surface area (Å²) in [7, 11) is 1.92. The average molecular weight is 333 g/mol. The van der Waals surface area contributed by atoms with Gasteiger partial charge in [0.25, 0.3) is 0 Å². The highest BCUT2D eigenvalue weighted by Gasteiger charge is 2.16. The van der Waals surface area contributed by atoms with E-state index >= 15 is 0 Å². The minimum absolute atomic E-state index is 0.396. The molecule has 0 atom stereocenters. The minimum atomic E-state index is 0.396. The largest absolute Gasteiger partial charge is 0.250 e. The van der Waals surface area contributed by atoms with Gasteiger partial charge >= 0.3 is 0 Å². The molecule has 0 aliphatic heterocycles. The van der Waals surface area contributed by atoms with Crippen molar-refractivity contribution in [2.24, 2.45) is 7.05 Å². The van der Waals surface area contributed by atoms with E-state index in [0.717, 1.165) is 25.8 Å². The van der Waals surface area contributed by atoms with Crippen LogP contribution in [0.1, 0.15) is 25.5 Å². The van der Waals surface area contributed by atoms with Gasteiger partial charge in [-0.15, -0.1) is 0 Å². The second-order valence-electron chi connectivity index (χ2n) is 3.79. The van der Waals surface area contributed by atoms with Crippen molar-refractivity contribution in [2.45, 2.75) is 19.8 Å². The molecule has 3 nitrogen and oxygen atoms in total. The van der Waals surface area contributed by atoms with Crippen LogP contribution in [0.5, 0.6) is 0 Å². The number of fused-ring (bicyclic) bond motifs is 1. The number of aryl methyl sites for hydroxylation is 1. The molecule has 0 spiro atoms. The van der Waals surface area contributed by atoms with Crippen LogP contribution in [0, 0.1) is 0 Å². The molecule has 0 aliphatic carbocycles. The third kappa shape index (κ3) is 1.83. The summed E-state index contributed by atoms with van der Waals surface area (Å²) in [5.74, 6) is 0.396. The summed E-state index contributed by atoms with van der Waals surface area (Å²) in [5.41, 5.74) is 1.99. The summed E-state index contributed by atoms with van der Waals surface area (Å²) < 4.78 is 3.68. The first-order chi connectivity index (χ1) is 7.00. The number of halogens is 2.